The highest BCUT2D eigenvalue weighted by atomic mass is 35.5. The van der Waals surface area contributed by atoms with Crippen LogP contribution in [0, 0.1) is 0 Å². The minimum atomic E-state index is -0.244. The first-order valence-corrected chi connectivity index (χ1v) is 6.44. The molecule has 0 aromatic heterocycles. The third kappa shape index (κ3) is 2.40. The van der Waals surface area contributed by atoms with Gasteiger partial charge in [0.15, 0.2) is 0 Å². The molecule has 4 nitrogen and oxygen atoms in total. The number of thioether (sulfide) groups is 1. The average molecular weight is 272 g/mol. The number of carbonyl (C=O) groups excluding carboxylic acids is 2. The molecule has 90 valence electrons. The van der Waals surface area contributed by atoms with Crippen molar-refractivity contribution in [3.63, 3.8) is 0 Å². The Hall–Kier alpha value is -1.20. The Balaban J connectivity index is 2.47. The molecule has 1 heterocycles. The van der Waals surface area contributed by atoms with Gasteiger partial charge in [0.25, 0.3) is 0 Å². The van der Waals surface area contributed by atoms with E-state index in [4.69, 9.17) is 16.3 Å². The third-order valence-corrected chi connectivity index (χ3v) is 3.47. The maximum Gasteiger partial charge on any atom is 0.243 e. The lowest BCUT2D eigenvalue weighted by molar-refractivity contribution is -0.124. The summed E-state index contributed by atoms with van der Waals surface area (Å²) in [5.41, 5.74) is 0.412. The highest BCUT2D eigenvalue weighted by molar-refractivity contribution is 8.00. The number of hydrogen-bond acceptors (Lipinski definition) is 4. The third-order valence-electron chi connectivity index (χ3n) is 2.33. The largest absolute Gasteiger partial charge is 0.495 e. The molecular weight excluding hydrogens is 262 g/mol. The fourth-order valence-electron chi connectivity index (χ4n) is 1.60. The molecule has 0 saturated carbocycles. The van der Waals surface area contributed by atoms with E-state index in [0.717, 1.165) is 4.90 Å². The number of methoxy groups -OCH3 is 1. The molecule has 0 unspecified atom stereocenters. The smallest absolute Gasteiger partial charge is 0.243 e. The molecule has 1 aromatic carbocycles. The minimum Gasteiger partial charge on any atom is -0.495 e. The van der Waals surface area contributed by atoms with Gasteiger partial charge in [-0.3, -0.25) is 9.59 Å². The highest BCUT2D eigenvalue weighted by Gasteiger charge is 2.30. The summed E-state index contributed by atoms with van der Waals surface area (Å²) in [5.74, 6) is 0.560. The van der Waals surface area contributed by atoms with Gasteiger partial charge in [-0.1, -0.05) is 11.6 Å². The van der Waals surface area contributed by atoms with Crippen molar-refractivity contribution in [3.05, 3.63) is 23.2 Å². The Morgan fingerprint density at radius 1 is 1.29 bits per heavy atom. The molecule has 1 aromatic rings. The van der Waals surface area contributed by atoms with Crippen LogP contribution in [0.2, 0.25) is 5.02 Å². The van der Waals surface area contributed by atoms with Gasteiger partial charge in [0.2, 0.25) is 11.8 Å². The van der Waals surface area contributed by atoms with Crippen LogP contribution in [-0.2, 0) is 9.59 Å². The quantitative estimate of drug-likeness (QED) is 0.772. The minimum absolute atomic E-state index is 0.244. The number of halogens is 1. The summed E-state index contributed by atoms with van der Waals surface area (Å²) in [6, 6.07) is 4.85. The predicted octanol–water partition coefficient (Wildman–Crippen LogP) is 1.95. The SMILES string of the molecule is COc1ccc(Cl)cc1N1C(=O)CSCC1=O. The van der Waals surface area contributed by atoms with E-state index in [2.05, 4.69) is 0 Å². The molecule has 0 radical (unpaired) electrons. The molecule has 0 aliphatic carbocycles. The number of carbonyl (C=O) groups is 2. The summed E-state index contributed by atoms with van der Waals surface area (Å²) < 4.78 is 5.14. The van der Waals surface area contributed by atoms with Crippen molar-refractivity contribution >= 4 is 40.9 Å². The first kappa shape index (κ1) is 12.3. The summed E-state index contributed by atoms with van der Waals surface area (Å²) in [7, 11) is 1.49. The van der Waals surface area contributed by atoms with Crippen LogP contribution in [0.4, 0.5) is 5.69 Å². The van der Waals surface area contributed by atoms with E-state index >= 15 is 0 Å². The molecule has 0 bridgehead atoms. The van der Waals surface area contributed by atoms with Crippen molar-refractivity contribution in [2.45, 2.75) is 0 Å². The molecule has 1 aliphatic rings. The summed E-state index contributed by atoms with van der Waals surface area (Å²) in [5, 5.41) is 0.458. The van der Waals surface area contributed by atoms with Crippen LogP contribution in [-0.4, -0.2) is 30.4 Å². The van der Waals surface area contributed by atoms with Gasteiger partial charge < -0.3 is 4.74 Å². The first-order valence-electron chi connectivity index (χ1n) is 4.90. The number of hydrogen-bond donors (Lipinski definition) is 0. The highest BCUT2D eigenvalue weighted by Crippen LogP contribution is 2.33. The van der Waals surface area contributed by atoms with Gasteiger partial charge in [-0.2, -0.15) is 0 Å². The van der Waals surface area contributed by atoms with E-state index in [0.29, 0.717) is 28.0 Å². The lowest BCUT2D eigenvalue weighted by Gasteiger charge is -2.26. The molecule has 6 heteroatoms. The van der Waals surface area contributed by atoms with E-state index in [-0.39, 0.29) is 11.8 Å². The van der Waals surface area contributed by atoms with Crippen molar-refractivity contribution in [2.24, 2.45) is 0 Å². The van der Waals surface area contributed by atoms with Crippen molar-refractivity contribution < 1.29 is 14.3 Å². The van der Waals surface area contributed by atoms with Gasteiger partial charge in [-0.05, 0) is 18.2 Å². The van der Waals surface area contributed by atoms with Crippen LogP contribution in [0.5, 0.6) is 5.75 Å². The first-order chi connectivity index (χ1) is 8.13. The number of ether oxygens (including phenoxy) is 1. The Kier molecular flexibility index (Phi) is 3.59. The van der Waals surface area contributed by atoms with Gasteiger partial charge in [-0.25, -0.2) is 4.90 Å². The maximum absolute atomic E-state index is 11.8. The maximum atomic E-state index is 11.8. The molecule has 0 N–H and O–H groups in total. The molecule has 2 amide bonds. The molecule has 0 atom stereocenters. The molecule has 1 saturated heterocycles. The van der Waals surface area contributed by atoms with E-state index < -0.39 is 0 Å². The fraction of sp³-hybridized carbons (Fsp3) is 0.273. The summed E-state index contributed by atoms with van der Waals surface area (Å²) >= 11 is 7.19. The number of nitrogens with zero attached hydrogens (tertiary/aromatic N) is 1. The topological polar surface area (TPSA) is 46.6 Å². The van der Waals surface area contributed by atoms with E-state index in [1.807, 2.05) is 0 Å². The number of benzene rings is 1. The summed E-state index contributed by atoms with van der Waals surface area (Å²) in [6.45, 7) is 0. The van der Waals surface area contributed by atoms with Crippen LogP contribution >= 0.6 is 23.4 Å². The molecule has 1 fully saturated rings. The second-order valence-corrected chi connectivity index (χ2v) is 4.85. The standard InChI is InChI=1S/C11H10ClNO3S/c1-16-9-3-2-7(12)4-8(9)13-10(14)5-17-6-11(13)15/h2-4H,5-6H2,1H3. The van der Waals surface area contributed by atoms with Gasteiger partial charge >= 0.3 is 0 Å². The number of rotatable bonds is 2. The zero-order chi connectivity index (χ0) is 12.4. The van der Waals surface area contributed by atoms with Crippen LogP contribution in [0.15, 0.2) is 18.2 Å². The second-order valence-electron chi connectivity index (χ2n) is 3.43. The number of anilines is 1. The van der Waals surface area contributed by atoms with Crippen molar-refractivity contribution in [1.29, 1.82) is 0 Å². The number of amides is 2. The monoisotopic (exact) mass is 271 g/mol. The molecular formula is C11H10ClNO3S. The fourth-order valence-corrected chi connectivity index (χ4v) is 2.48. The molecule has 1 aliphatic heterocycles. The van der Waals surface area contributed by atoms with Crippen LogP contribution in [0.1, 0.15) is 0 Å². The van der Waals surface area contributed by atoms with Crippen molar-refractivity contribution in [1.82, 2.24) is 0 Å². The molecule has 17 heavy (non-hydrogen) atoms. The summed E-state index contributed by atoms with van der Waals surface area (Å²) in [6.07, 6.45) is 0. The van der Waals surface area contributed by atoms with Crippen LogP contribution in [0.3, 0.4) is 0 Å². The second kappa shape index (κ2) is 4.98. The normalized spacial score (nSPS) is 16.2. The Morgan fingerprint density at radius 3 is 2.53 bits per heavy atom. The predicted molar refractivity (Wildman–Crippen MR) is 67.8 cm³/mol. The Morgan fingerprint density at radius 2 is 1.94 bits per heavy atom. The van der Waals surface area contributed by atoms with Crippen molar-refractivity contribution in [3.8, 4) is 5.75 Å². The Bertz CT molecular complexity index is 462. The van der Waals surface area contributed by atoms with E-state index in [9.17, 15) is 9.59 Å². The zero-order valence-corrected chi connectivity index (χ0v) is 10.7. The van der Waals surface area contributed by atoms with Gasteiger partial charge in [0.05, 0.1) is 24.3 Å². The zero-order valence-electron chi connectivity index (χ0n) is 9.10. The lowest BCUT2D eigenvalue weighted by Crippen LogP contribution is -2.43. The summed E-state index contributed by atoms with van der Waals surface area (Å²) in [4.78, 5) is 24.7. The van der Waals surface area contributed by atoms with Gasteiger partial charge in [0, 0.05) is 5.02 Å². The molecule has 2 rings (SSSR count). The van der Waals surface area contributed by atoms with Crippen LogP contribution in [0.25, 0.3) is 0 Å². The van der Waals surface area contributed by atoms with Crippen molar-refractivity contribution in [2.75, 3.05) is 23.5 Å². The average Bonchev–Trinajstić information content (AvgIpc) is 2.29. The lowest BCUT2D eigenvalue weighted by atomic mass is 10.2. The Labute approximate surface area is 108 Å². The molecule has 0 spiro atoms. The van der Waals surface area contributed by atoms with Gasteiger partial charge in [-0.15, -0.1) is 11.8 Å². The number of imide groups is 1. The van der Waals surface area contributed by atoms with E-state index in [1.165, 1.54) is 18.9 Å². The van der Waals surface area contributed by atoms with Crippen LogP contribution < -0.4 is 9.64 Å². The van der Waals surface area contributed by atoms with Gasteiger partial charge in [0.1, 0.15) is 5.75 Å². The van der Waals surface area contributed by atoms with E-state index in [1.54, 1.807) is 18.2 Å².